The average Bonchev–Trinajstić information content (AvgIpc) is 2.95. The Balaban J connectivity index is 1.64. The van der Waals surface area contributed by atoms with Crippen molar-refractivity contribution < 1.29 is 23.1 Å². The molecular weight excluding hydrogens is 350 g/mol. The van der Waals surface area contributed by atoms with E-state index in [0.29, 0.717) is 31.1 Å². The first-order chi connectivity index (χ1) is 12.6. The lowest BCUT2D eigenvalue weighted by Crippen LogP contribution is -2.55. The molecule has 0 spiro atoms. The molecule has 4 aliphatic carbocycles. The molecule has 0 amide bonds. The molecule has 4 aliphatic rings. The minimum atomic E-state index is -3.30. The van der Waals surface area contributed by atoms with E-state index in [0.717, 1.165) is 25.7 Å². The van der Waals surface area contributed by atoms with Crippen LogP contribution in [0.5, 0.6) is 0 Å². The molecule has 0 aromatic rings. The average molecular weight is 380 g/mol. The number of hydrogen-bond donors (Lipinski definition) is 0. The Morgan fingerprint density at radius 2 is 1.93 bits per heavy atom. The molecular formula is C22H30F2O3. The highest BCUT2D eigenvalue weighted by atomic mass is 19.3. The van der Waals surface area contributed by atoms with Gasteiger partial charge in [0.05, 0.1) is 0 Å². The van der Waals surface area contributed by atoms with Gasteiger partial charge in [0, 0.05) is 23.8 Å². The lowest BCUT2D eigenvalue weighted by Gasteiger charge is -2.57. The summed E-state index contributed by atoms with van der Waals surface area (Å²) in [5.41, 5.74) is -0.552. The predicted octanol–water partition coefficient (Wildman–Crippen LogP) is 5.09. The Hall–Kier alpha value is -1.26. The van der Waals surface area contributed by atoms with Gasteiger partial charge in [-0.15, -0.1) is 0 Å². The lowest BCUT2D eigenvalue weighted by atomic mass is 9.47. The van der Waals surface area contributed by atoms with Crippen molar-refractivity contribution in [3.8, 4) is 0 Å². The third kappa shape index (κ3) is 2.56. The Morgan fingerprint density at radius 1 is 1.19 bits per heavy atom. The molecule has 3 fully saturated rings. The fraction of sp³-hybridized carbons (Fsp3) is 0.818. The third-order valence-corrected chi connectivity index (χ3v) is 8.50. The van der Waals surface area contributed by atoms with Crippen molar-refractivity contribution in [2.75, 3.05) is 0 Å². The van der Waals surface area contributed by atoms with Crippen LogP contribution in [0.15, 0.2) is 11.6 Å². The summed E-state index contributed by atoms with van der Waals surface area (Å²) in [5, 5.41) is 0. The lowest BCUT2D eigenvalue weighted by molar-refractivity contribution is -0.160. The summed E-state index contributed by atoms with van der Waals surface area (Å²) in [5.74, 6) is -3.44. The second kappa shape index (κ2) is 6.12. The number of ketones is 1. The Labute approximate surface area is 159 Å². The highest BCUT2D eigenvalue weighted by Gasteiger charge is 2.64. The van der Waals surface area contributed by atoms with E-state index in [1.807, 2.05) is 13.8 Å². The second-order valence-electron chi connectivity index (χ2n) is 9.60. The molecule has 3 nitrogen and oxygen atoms in total. The first-order valence-corrected chi connectivity index (χ1v) is 10.5. The van der Waals surface area contributed by atoms with Crippen molar-refractivity contribution in [2.45, 2.75) is 84.2 Å². The van der Waals surface area contributed by atoms with Gasteiger partial charge in [0.15, 0.2) is 0 Å². The van der Waals surface area contributed by atoms with E-state index in [1.54, 1.807) is 6.08 Å². The molecule has 0 N–H and O–H groups in total. The maximum atomic E-state index is 14.7. The van der Waals surface area contributed by atoms with Crippen molar-refractivity contribution in [1.29, 1.82) is 0 Å². The van der Waals surface area contributed by atoms with Crippen LogP contribution in [-0.4, -0.2) is 23.8 Å². The van der Waals surface area contributed by atoms with Crippen LogP contribution in [0.25, 0.3) is 0 Å². The zero-order chi connectivity index (χ0) is 19.6. The standard InChI is InChI=1S/C22H30F2O3/c1-4-19(26)27-18-8-6-14-13-5-7-16-20(2,12-10-17(25)22(16,23)24)15(13)9-11-21(14,18)3/h7,13-15,18H,4-6,8-12H2,1-3H3/t13-,14-,15-,18+,20+,21-/m0/s1. The molecule has 0 unspecified atom stereocenters. The van der Waals surface area contributed by atoms with E-state index in [9.17, 15) is 18.4 Å². The summed E-state index contributed by atoms with van der Waals surface area (Å²) in [7, 11) is 0. The van der Waals surface area contributed by atoms with Crippen LogP contribution in [0.3, 0.4) is 0 Å². The van der Waals surface area contributed by atoms with E-state index < -0.39 is 17.1 Å². The number of Topliss-reactive ketones (excluding diaryl/α,β-unsaturated/α-hetero) is 1. The van der Waals surface area contributed by atoms with Crippen LogP contribution in [-0.2, 0) is 14.3 Å². The Morgan fingerprint density at radius 3 is 2.63 bits per heavy atom. The summed E-state index contributed by atoms with van der Waals surface area (Å²) < 4.78 is 35.1. The topological polar surface area (TPSA) is 43.4 Å². The SMILES string of the molecule is CCC(=O)O[C@@H]1CC[C@H]2[C@@H]3CC=C4C(F)(F)C(=O)CC[C@]4(C)[C@H]3CC[C@]12C. The van der Waals surface area contributed by atoms with Crippen LogP contribution in [0.1, 0.15) is 72.1 Å². The smallest absolute Gasteiger partial charge is 0.327 e. The van der Waals surface area contributed by atoms with Gasteiger partial charge in [-0.3, -0.25) is 9.59 Å². The number of hydrogen-bond acceptors (Lipinski definition) is 3. The normalized spacial score (nSPS) is 45.4. The quantitative estimate of drug-likeness (QED) is 0.495. The monoisotopic (exact) mass is 380 g/mol. The summed E-state index contributed by atoms with van der Waals surface area (Å²) in [6.45, 7) is 6.00. The molecule has 27 heavy (non-hydrogen) atoms. The van der Waals surface area contributed by atoms with Crippen molar-refractivity contribution in [2.24, 2.45) is 28.6 Å². The molecule has 3 saturated carbocycles. The minimum Gasteiger partial charge on any atom is -0.462 e. The summed E-state index contributed by atoms with van der Waals surface area (Å²) in [4.78, 5) is 23.7. The minimum absolute atomic E-state index is 0.0251. The van der Waals surface area contributed by atoms with Gasteiger partial charge in [-0.25, -0.2) is 0 Å². The Kier molecular flexibility index (Phi) is 4.32. The fourth-order valence-corrected chi connectivity index (χ4v) is 6.97. The fourth-order valence-electron chi connectivity index (χ4n) is 6.97. The van der Waals surface area contributed by atoms with Gasteiger partial charge in [-0.05, 0) is 61.7 Å². The van der Waals surface area contributed by atoms with E-state index in [1.165, 1.54) is 0 Å². The third-order valence-electron chi connectivity index (χ3n) is 8.50. The largest absolute Gasteiger partial charge is 0.462 e. The Bertz CT molecular complexity index is 700. The maximum Gasteiger partial charge on any atom is 0.327 e. The number of rotatable bonds is 2. The molecule has 0 radical (unpaired) electrons. The first kappa shape index (κ1) is 19.1. The van der Waals surface area contributed by atoms with Gasteiger partial charge < -0.3 is 4.74 Å². The van der Waals surface area contributed by atoms with E-state index in [-0.39, 0.29) is 35.4 Å². The van der Waals surface area contributed by atoms with Crippen molar-refractivity contribution in [3.63, 3.8) is 0 Å². The number of carbonyl (C=O) groups excluding carboxylic acids is 2. The molecule has 0 aliphatic heterocycles. The maximum absolute atomic E-state index is 14.7. The summed E-state index contributed by atoms with van der Waals surface area (Å²) in [6.07, 6.45) is 6.79. The molecule has 0 aromatic carbocycles. The van der Waals surface area contributed by atoms with Crippen molar-refractivity contribution in [1.82, 2.24) is 0 Å². The molecule has 6 atom stereocenters. The van der Waals surface area contributed by atoms with E-state index >= 15 is 0 Å². The molecule has 0 aromatic heterocycles. The number of ether oxygens (including phenoxy) is 1. The first-order valence-electron chi connectivity index (χ1n) is 10.5. The highest BCUT2D eigenvalue weighted by molar-refractivity contribution is 5.90. The molecule has 150 valence electrons. The van der Waals surface area contributed by atoms with Gasteiger partial charge >= 0.3 is 11.9 Å². The van der Waals surface area contributed by atoms with Crippen LogP contribution in [0.2, 0.25) is 0 Å². The van der Waals surface area contributed by atoms with E-state index in [4.69, 9.17) is 4.74 Å². The summed E-state index contributed by atoms with van der Waals surface area (Å²) >= 11 is 0. The van der Waals surface area contributed by atoms with Crippen LogP contribution >= 0.6 is 0 Å². The van der Waals surface area contributed by atoms with Gasteiger partial charge in [0.2, 0.25) is 5.78 Å². The molecule has 4 rings (SSSR count). The number of fused-ring (bicyclic) bond motifs is 5. The van der Waals surface area contributed by atoms with Crippen LogP contribution < -0.4 is 0 Å². The van der Waals surface area contributed by atoms with Crippen molar-refractivity contribution >= 4 is 11.8 Å². The zero-order valence-corrected chi connectivity index (χ0v) is 16.5. The molecule has 0 saturated heterocycles. The van der Waals surface area contributed by atoms with Crippen LogP contribution in [0, 0.1) is 28.6 Å². The highest BCUT2D eigenvalue weighted by Crippen LogP contribution is 2.66. The number of carbonyl (C=O) groups is 2. The number of allylic oxidation sites excluding steroid dienone is 2. The van der Waals surface area contributed by atoms with Gasteiger partial charge in [-0.1, -0.05) is 26.8 Å². The number of alkyl halides is 2. The van der Waals surface area contributed by atoms with Gasteiger partial charge in [0.1, 0.15) is 6.10 Å². The second-order valence-corrected chi connectivity index (χ2v) is 9.60. The molecule has 5 heteroatoms. The predicted molar refractivity (Wildman–Crippen MR) is 97.2 cm³/mol. The van der Waals surface area contributed by atoms with Gasteiger partial charge in [-0.2, -0.15) is 8.78 Å². The number of esters is 1. The van der Waals surface area contributed by atoms with E-state index in [2.05, 4.69) is 6.92 Å². The number of halogens is 2. The van der Waals surface area contributed by atoms with Crippen LogP contribution in [0.4, 0.5) is 8.78 Å². The molecule has 0 bridgehead atoms. The molecule has 0 heterocycles. The summed E-state index contributed by atoms with van der Waals surface area (Å²) in [6, 6.07) is 0. The van der Waals surface area contributed by atoms with Gasteiger partial charge in [0.25, 0.3) is 0 Å². The van der Waals surface area contributed by atoms with Crippen molar-refractivity contribution in [3.05, 3.63) is 11.6 Å². The zero-order valence-electron chi connectivity index (χ0n) is 16.5.